The summed E-state index contributed by atoms with van der Waals surface area (Å²) in [6.07, 6.45) is 1.20. The number of aliphatic carboxylic acids is 1. The van der Waals surface area contributed by atoms with Crippen LogP contribution in [0.15, 0.2) is 12.3 Å². The summed E-state index contributed by atoms with van der Waals surface area (Å²) in [5, 5.41) is 10.7. The van der Waals surface area contributed by atoms with E-state index in [1.54, 1.807) is 0 Å². The molecule has 0 aliphatic carbocycles. The fraction of sp³-hybridized carbons (Fsp3) is 0.500. The van der Waals surface area contributed by atoms with Crippen LogP contribution in [0.1, 0.15) is 12.8 Å². The highest BCUT2D eigenvalue weighted by Gasteiger charge is 2.33. The lowest BCUT2D eigenvalue weighted by Crippen LogP contribution is -2.48. The average molecular weight is 241 g/mol. The number of nitrogens with zero attached hydrogens (tertiary/aromatic N) is 1. The largest absolute Gasteiger partial charge is 0.477 e. The highest BCUT2D eigenvalue weighted by atomic mass is 16.4. The highest BCUT2D eigenvalue weighted by Crippen LogP contribution is 2.17. The van der Waals surface area contributed by atoms with E-state index < -0.39 is 23.6 Å². The van der Waals surface area contributed by atoms with Crippen molar-refractivity contribution in [3.8, 4) is 0 Å². The number of nitrogens with two attached hydrogens (primary N) is 1. The summed E-state index contributed by atoms with van der Waals surface area (Å²) in [5.74, 6) is -2.15. The van der Waals surface area contributed by atoms with Crippen molar-refractivity contribution in [3.05, 3.63) is 12.3 Å². The average Bonchev–Trinajstić information content (AvgIpc) is 2.76. The molecule has 0 bridgehead atoms. The lowest BCUT2D eigenvalue weighted by molar-refractivity contribution is -0.138. The summed E-state index contributed by atoms with van der Waals surface area (Å²) >= 11 is 0. The lowest BCUT2D eigenvalue weighted by Gasteiger charge is -2.23. The van der Waals surface area contributed by atoms with E-state index >= 15 is 0 Å². The molecule has 1 aliphatic heterocycles. The zero-order valence-electron chi connectivity index (χ0n) is 9.31. The third kappa shape index (κ3) is 3.04. The van der Waals surface area contributed by atoms with E-state index in [-0.39, 0.29) is 12.5 Å². The van der Waals surface area contributed by atoms with Crippen LogP contribution in [0.5, 0.6) is 0 Å². The van der Waals surface area contributed by atoms with Crippen LogP contribution in [0.2, 0.25) is 0 Å². The van der Waals surface area contributed by atoms with Crippen LogP contribution in [-0.2, 0) is 14.4 Å². The predicted molar refractivity (Wildman–Crippen MR) is 58.7 cm³/mol. The van der Waals surface area contributed by atoms with Gasteiger partial charge in [0.15, 0.2) is 0 Å². The molecule has 0 aromatic heterocycles. The first kappa shape index (κ1) is 13.2. The van der Waals surface area contributed by atoms with Crippen LogP contribution in [0.4, 0.5) is 0 Å². The predicted octanol–water partition coefficient (Wildman–Crippen LogP) is -1.35. The van der Waals surface area contributed by atoms with Gasteiger partial charge in [0.1, 0.15) is 11.7 Å². The number of rotatable bonds is 4. The van der Waals surface area contributed by atoms with Gasteiger partial charge in [0.25, 0.3) is 0 Å². The smallest absolute Gasteiger partial charge is 0.351 e. The van der Waals surface area contributed by atoms with Crippen LogP contribution in [0, 0.1) is 0 Å². The van der Waals surface area contributed by atoms with Crippen molar-refractivity contribution in [2.24, 2.45) is 5.73 Å². The SMILES string of the molecule is C=C(NC(=O)[C@@H]1CCCN1C(=O)CN)C(=O)O. The maximum atomic E-state index is 11.7. The summed E-state index contributed by atoms with van der Waals surface area (Å²) in [6, 6.07) is -0.651. The second kappa shape index (κ2) is 5.44. The zero-order valence-corrected chi connectivity index (χ0v) is 9.31. The number of carbonyl (C=O) groups is 3. The Bertz CT molecular complexity index is 367. The molecule has 1 heterocycles. The molecular weight excluding hydrogens is 226 g/mol. The van der Waals surface area contributed by atoms with E-state index in [0.29, 0.717) is 19.4 Å². The van der Waals surface area contributed by atoms with Crippen molar-refractivity contribution in [2.45, 2.75) is 18.9 Å². The molecule has 4 N–H and O–H groups in total. The van der Waals surface area contributed by atoms with Crippen LogP contribution >= 0.6 is 0 Å². The van der Waals surface area contributed by atoms with Crippen LogP contribution in [0.3, 0.4) is 0 Å². The standard InChI is InChI=1S/C10H15N3O4/c1-6(10(16)17)12-9(15)7-3-2-4-13(7)8(14)5-11/h7H,1-5,11H2,(H,12,15)(H,16,17)/t7-/m0/s1. The maximum absolute atomic E-state index is 11.7. The molecule has 0 spiro atoms. The quantitative estimate of drug-likeness (QED) is 0.527. The number of carboxylic acid groups (broad SMARTS) is 1. The van der Waals surface area contributed by atoms with Gasteiger partial charge in [0.05, 0.1) is 6.54 Å². The Morgan fingerprint density at radius 1 is 1.47 bits per heavy atom. The van der Waals surface area contributed by atoms with E-state index in [2.05, 4.69) is 11.9 Å². The fourth-order valence-electron chi connectivity index (χ4n) is 1.74. The van der Waals surface area contributed by atoms with Crippen LogP contribution < -0.4 is 11.1 Å². The van der Waals surface area contributed by atoms with Crippen molar-refractivity contribution >= 4 is 17.8 Å². The van der Waals surface area contributed by atoms with Gasteiger partial charge in [-0.15, -0.1) is 0 Å². The lowest BCUT2D eigenvalue weighted by atomic mass is 10.2. The molecule has 94 valence electrons. The number of amides is 2. The van der Waals surface area contributed by atoms with Gasteiger partial charge < -0.3 is 21.1 Å². The number of carbonyl (C=O) groups excluding carboxylic acids is 2. The Hall–Kier alpha value is -1.89. The molecule has 1 saturated heterocycles. The highest BCUT2D eigenvalue weighted by molar-refractivity contribution is 5.95. The number of likely N-dealkylation sites (tertiary alicyclic amines) is 1. The maximum Gasteiger partial charge on any atom is 0.351 e. The summed E-state index contributed by atoms with van der Waals surface area (Å²) in [6.45, 7) is 3.50. The third-order valence-corrected chi connectivity index (χ3v) is 2.58. The first-order valence-corrected chi connectivity index (χ1v) is 5.20. The molecule has 0 unspecified atom stereocenters. The van der Waals surface area contributed by atoms with Gasteiger partial charge in [-0.1, -0.05) is 6.58 Å². The second-order valence-corrected chi connectivity index (χ2v) is 3.72. The number of nitrogens with one attached hydrogen (secondary N) is 1. The van der Waals surface area contributed by atoms with Crippen molar-refractivity contribution in [2.75, 3.05) is 13.1 Å². The Morgan fingerprint density at radius 2 is 2.12 bits per heavy atom. The van der Waals surface area contributed by atoms with Crippen molar-refractivity contribution in [1.82, 2.24) is 10.2 Å². The number of hydrogen-bond donors (Lipinski definition) is 3. The van der Waals surface area contributed by atoms with Crippen LogP contribution in [0.25, 0.3) is 0 Å². The fourth-order valence-corrected chi connectivity index (χ4v) is 1.74. The second-order valence-electron chi connectivity index (χ2n) is 3.72. The van der Waals surface area contributed by atoms with Gasteiger partial charge in [0, 0.05) is 6.54 Å². The van der Waals surface area contributed by atoms with E-state index in [1.807, 2.05) is 0 Å². The molecule has 2 amide bonds. The molecule has 0 aromatic rings. The van der Waals surface area contributed by atoms with Gasteiger partial charge in [0.2, 0.25) is 11.8 Å². The Kier molecular flexibility index (Phi) is 4.22. The van der Waals surface area contributed by atoms with E-state index in [1.165, 1.54) is 4.90 Å². The Labute approximate surface area is 98.3 Å². The molecule has 0 saturated carbocycles. The monoisotopic (exact) mass is 241 g/mol. The Morgan fingerprint density at radius 3 is 2.65 bits per heavy atom. The molecular formula is C10H15N3O4. The minimum Gasteiger partial charge on any atom is -0.477 e. The summed E-state index contributed by atoms with van der Waals surface area (Å²) in [5.41, 5.74) is 4.83. The van der Waals surface area contributed by atoms with Gasteiger partial charge >= 0.3 is 5.97 Å². The first-order valence-electron chi connectivity index (χ1n) is 5.20. The molecule has 7 nitrogen and oxygen atoms in total. The number of carboxylic acids is 1. The van der Waals surface area contributed by atoms with Crippen LogP contribution in [-0.4, -0.2) is 46.9 Å². The molecule has 1 rings (SSSR count). The van der Waals surface area contributed by atoms with Gasteiger partial charge in [-0.05, 0) is 12.8 Å². The van der Waals surface area contributed by atoms with Gasteiger partial charge in [-0.2, -0.15) is 0 Å². The molecule has 7 heteroatoms. The Balaban J connectivity index is 2.65. The summed E-state index contributed by atoms with van der Waals surface area (Å²) in [4.78, 5) is 35.0. The molecule has 1 atom stereocenters. The normalized spacial score (nSPS) is 18.9. The molecule has 0 aromatic carbocycles. The van der Waals surface area contributed by atoms with Crippen molar-refractivity contribution < 1.29 is 19.5 Å². The minimum atomic E-state index is -1.30. The third-order valence-electron chi connectivity index (χ3n) is 2.58. The molecule has 1 aliphatic rings. The topological polar surface area (TPSA) is 113 Å². The first-order chi connectivity index (χ1) is 7.97. The van der Waals surface area contributed by atoms with Crippen molar-refractivity contribution in [1.29, 1.82) is 0 Å². The van der Waals surface area contributed by atoms with Gasteiger partial charge in [-0.25, -0.2) is 4.79 Å². The van der Waals surface area contributed by atoms with E-state index in [9.17, 15) is 14.4 Å². The van der Waals surface area contributed by atoms with E-state index in [0.717, 1.165) is 0 Å². The van der Waals surface area contributed by atoms with E-state index in [4.69, 9.17) is 10.8 Å². The molecule has 17 heavy (non-hydrogen) atoms. The minimum absolute atomic E-state index is 0.163. The molecule has 0 radical (unpaired) electrons. The van der Waals surface area contributed by atoms with Gasteiger partial charge in [-0.3, -0.25) is 9.59 Å². The summed E-state index contributed by atoms with van der Waals surface area (Å²) < 4.78 is 0. The molecule has 1 fully saturated rings. The zero-order chi connectivity index (χ0) is 13.0. The number of hydrogen-bond acceptors (Lipinski definition) is 4. The van der Waals surface area contributed by atoms with Crippen molar-refractivity contribution in [3.63, 3.8) is 0 Å². The summed E-state index contributed by atoms with van der Waals surface area (Å²) in [7, 11) is 0.